The number of ether oxygens (including phenoxy) is 2. The van der Waals surface area contributed by atoms with Crippen molar-refractivity contribution >= 4 is 37.1 Å². The van der Waals surface area contributed by atoms with E-state index in [4.69, 9.17) is 19.7 Å². The number of carbonyl (C=O) groups excluding carboxylic acids is 2. The molecule has 2 rings (SSSR count). The number of amides is 2. The first kappa shape index (κ1) is 33.4. The average molecular weight is 591 g/mol. The van der Waals surface area contributed by atoms with Crippen molar-refractivity contribution in [3.05, 3.63) is 0 Å². The lowest BCUT2D eigenvalue weighted by Crippen LogP contribution is -2.66. The van der Waals surface area contributed by atoms with Gasteiger partial charge in [0, 0.05) is 24.6 Å². The molecule has 2 heterocycles. The summed E-state index contributed by atoms with van der Waals surface area (Å²) in [5.74, 6) is -1.30. The number of nitrogens with one attached hydrogen (secondary N) is 4. The van der Waals surface area contributed by atoms with E-state index in [1.54, 1.807) is 0 Å². The average Bonchev–Trinajstić information content (AvgIpc) is 2.90. The molecule has 222 valence electrons. The number of hydrogen-bond acceptors (Lipinski definition) is 16. The zero-order valence-electron chi connectivity index (χ0n) is 20.3. The van der Waals surface area contributed by atoms with Gasteiger partial charge in [-0.25, -0.2) is 0 Å². The van der Waals surface area contributed by atoms with Gasteiger partial charge in [-0.15, -0.1) is 0 Å². The first-order chi connectivity index (χ1) is 18.0. The van der Waals surface area contributed by atoms with Crippen molar-refractivity contribution < 1.29 is 59.9 Å². The van der Waals surface area contributed by atoms with Gasteiger partial charge in [-0.3, -0.25) is 9.59 Å². The molecule has 18 heteroatoms. The maximum absolute atomic E-state index is 12.6. The van der Waals surface area contributed by atoms with Crippen LogP contribution >= 0.6 is 25.3 Å². The second kappa shape index (κ2) is 15.8. The van der Waals surface area contributed by atoms with Crippen LogP contribution in [-0.2, 0) is 19.1 Å². The summed E-state index contributed by atoms with van der Waals surface area (Å²) < 4.78 is 10.0. The van der Waals surface area contributed by atoms with Gasteiger partial charge in [0.2, 0.25) is 11.8 Å². The topological polar surface area (TPSA) is 263 Å². The summed E-state index contributed by atoms with van der Waals surface area (Å²) in [5, 5.41) is 89.2. The van der Waals surface area contributed by atoms with Crippen molar-refractivity contribution in [2.24, 2.45) is 0 Å². The molecule has 0 aromatic carbocycles. The fourth-order valence-corrected chi connectivity index (χ4v) is 4.60. The first-order valence-corrected chi connectivity index (χ1v) is 13.2. The van der Waals surface area contributed by atoms with Crippen molar-refractivity contribution in [3.63, 3.8) is 0 Å². The number of rotatable bonds is 13. The molecule has 2 amide bonds. The van der Waals surface area contributed by atoms with E-state index in [-0.39, 0.29) is 24.6 Å². The lowest BCUT2D eigenvalue weighted by Gasteiger charge is -2.40. The zero-order chi connectivity index (χ0) is 28.6. The largest absolute Gasteiger partial charge is 0.394 e. The Balaban J connectivity index is 1.82. The lowest BCUT2D eigenvalue weighted by atomic mass is 9.97. The molecule has 2 aliphatic rings. The summed E-state index contributed by atoms with van der Waals surface area (Å²) in [5.41, 5.74) is 0. The van der Waals surface area contributed by atoms with E-state index in [0.29, 0.717) is 0 Å². The molecule has 0 aliphatic carbocycles. The molecule has 12 N–H and O–H groups in total. The molecule has 0 saturated carbocycles. The Morgan fingerprint density at radius 1 is 0.658 bits per heavy atom. The Kier molecular flexibility index (Phi) is 13.9. The van der Waals surface area contributed by atoms with Gasteiger partial charge in [-0.2, -0.15) is 25.3 Å². The minimum Gasteiger partial charge on any atom is -0.394 e. The molecule has 12 atom stereocenters. The number of hydrogen-bond donors (Lipinski definition) is 14. The molecule has 2 saturated heterocycles. The van der Waals surface area contributed by atoms with E-state index in [2.05, 4.69) is 46.5 Å². The van der Waals surface area contributed by atoms with Crippen molar-refractivity contribution in [2.45, 2.75) is 73.4 Å². The van der Waals surface area contributed by atoms with Crippen molar-refractivity contribution in [2.75, 3.05) is 37.8 Å². The quantitative estimate of drug-likeness (QED) is 0.0702. The highest BCUT2D eigenvalue weighted by atomic mass is 32.1. The standard InChI is InChI=1S/C20H38N4O12S2/c25-3-9-13(27)15(29)11(19(33)35-9)23-17(31)7(5-37)21-1-2-22-8(6-38)18(32)24-12-16(30)14(28)10(4-26)36-20(12)34/h7-16,19-22,25-30,33-34,37-38H,1-6H2,(H,23,31)(H,24,32)/t7-,8-,9-,10+,11-,12+,13-,14+,15-,16+,19-,20+/m0/s1. The Morgan fingerprint density at radius 2 is 1.00 bits per heavy atom. The Hall–Kier alpha value is -0.840. The van der Waals surface area contributed by atoms with Gasteiger partial charge in [0.1, 0.15) is 48.7 Å². The Morgan fingerprint density at radius 3 is 1.29 bits per heavy atom. The predicted octanol–water partition coefficient (Wildman–Crippen LogP) is -7.41. The fourth-order valence-electron chi connectivity index (χ4n) is 4.01. The number of aliphatic hydroxyl groups excluding tert-OH is 8. The van der Waals surface area contributed by atoms with Crippen LogP contribution in [-0.4, -0.2) is 164 Å². The third kappa shape index (κ3) is 8.33. The van der Waals surface area contributed by atoms with Gasteiger partial charge in [-0.1, -0.05) is 0 Å². The van der Waals surface area contributed by atoms with E-state index >= 15 is 0 Å². The van der Waals surface area contributed by atoms with Crippen LogP contribution in [0.2, 0.25) is 0 Å². The zero-order valence-corrected chi connectivity index (χ0v) is 22.1. The molecule has 2 aliphatic heterocycles. The van der Waals surface area contributed by atoms with Crippen LogP contribution in [0.4, 0.5) is 0 Å². The molecule has 0 radical (unpaired) electrons. The molecule has 0 aromatic heterocycles. The maximum atomic E-state index is 12.6. The molecule has 0 unspecified atom stereocenters. The molecule has 0 aromatic rings. The van der Waals surface area contributed by atoms with E-state index in [1.165, 1.54) is 0 Å². The van der Waals surface area contributed by atoms with Crippen LogP contribution in [0.3, 0.4) is 0 Å². The smallest absolute Gasteiger partial charge is 0.238 e. The maximum Gasteiger partial charge on any atom is 0.238 e. The van der Waals surface area contributed by atoms with Gasteiger partial charge in [-0.05, 0) is 0 Å². The van der Waals surface area contributed by atoms with E-state index < -0.39 is 98.4 Å². The summed E-state index contributed by atoms with van der Waals surface area (Å²) in [7, 11) is 0. The number of carbonyl (C=O) groups is 2. The van der Waals surface area contributed by atoms with Crippen LogP contribution in [0.1, 0.15) is 0 Å². The molecule has 16 nitrogen and oxygen atoms in total. The van der Waals surface area contributed by atoms with Gasteiger partial charge in [0.15, 0.2) is 12.6 Å². The van der Waals surface area contributed by atoms with Crippen molar-refractivity contribution in [3.8, 4) is 0 Å². The summed E-state index contributed by atoms with van der Waals surface area (Å²) in [6, 6.07) is -4.52. The molecular weight excluding hydrogens is 552 g/mol. The Bertz CT molecular complexity index is 701. The summed E-state index contributed by atoms with van der Waals surface area (Å²) >= 11 is 8.23. The van der Waals surface area contributed by atoms with Gasteiger partial charge < -0.3 is 71.6 Å². The second-order valence-electron chi connectivity index (χ2n) is 8.91. The summed E-state index contributed by atoms with van der Waals surface area (Å²) in [6.45, 7) is -0.994. The van der Waals surface area contributed by atoms with Gasteiger partial charge in [0.05, 0.1) is 25.3 Å². The van der Waals surface area contributed by atoms with Crippen molar-refractivity contribution in [1.29, 1.82) is 0 Å². The minimum absolute atomic E-state index is 0.0124. The lowest BCUT2D eigenvalue weighted by molar-refractivity contribution is -0.254. The normalized spacial score (nSPS) is 37.3. The van der Waals surface area contributed by atoms with E-state index in [0.717, 1.165) is 0 Å². The monoisotopic (exact) mass is 590 g/mol. The minimum atomic E-state index is -1.67. The van der Waals surface area contributed by atoms with Crippen molar-refractivity contribution in [1.82, 2.24) is 21.3 Å². The SMILES string of the molecule is O=C(N[C@@H]1[C@@H](O)[C@H](O)[C@@H](CO)O[C@H]1O)[C@H](CS)NCCN[C@@H](CS)C(=O)N[C@H]1[C@H](O)[C@@H](O)[C@H](CO)O[C@@H]1O. The van der Waals surface area contributed by atoms with Crippen LogP contribution in [0.15, 0.2) is 0 Å². The highest BCUT2D eigenvalue weighted by Crippen LogP contribution is 2.21. The molecule has 0 spiro atoms. The predicted molar refractivity (Wildman–Crippen MR) is 135 cm³/mol. The fraction of sp³-hybridized carbons (Fsp3) is 0.900. The van der Waals surface area contributed by atoms with Crippen LogP contribution < -0.4 is 21.3 Å². The highest BCUT2D eigenvalue weighted by molar-refractivity contribution is 7.80. The second-order valence-corrected chi connectivity index (χ2v) is 9.64. The van der Waals surface area contributed by atoms with Gasteiger partial charge in [0.25, 0.3) is 0 Å². The molecule has 0 bridgehead atoms. The number of thiol groups is 2. The van der Waals surface area contributed by atoms with E-state index in [9.17, 15) is 40.2 Å². The molecule has 2 fully saturated rings. The van der Waals surface area contributed by atoms with E-state index in [1.807, 2.05) is 0 Å². The molecule has 38 heavy (non-hydrogen) atoms. The molecular formula is C20H38N4O12S2. The van der Waals surface area contributed by atoms with Crippen LogP contribution in [0.5, 0.6) is 0 Å². The first-order valence-electron chi connectivity index (χ1n) is 11.9. The number of aliphatic hydroxyl groups is 8. The summed E-state index contributed by atoms with van der Waals surface area (Å²) in [4.78, 5) is 25.2. The van der Waals surface area contributed by atoms with Crippen LogP contribution in [0, 0.1) is 0 Å². The summed E-state index contributed by atoms with van der Waals surface area (Å²) in [6.07, 6.45) is -12.0. The third-order valence-electron chi connectivity index (χ3n) is 6.32. The third-order valence-corrected chi connectivity index (χ3v) is 7.05. The van der Waals surface area contributed by atoms with Gasteiger partial charge >= 0.3 is 0 Å². The highest BCUT2D eigenvalue weighted by Gasteiger charge is 2.46. The van der Waals surface area contributed by atoms with Crippen LogP contribution in [0.25, 0.3) is 0 Å². The Labute approximate surface area is 229 Å².